The maximum Gasteiger partial charge on any atom is 0.161 e. The third kappa shape index (κ3) is 4.74. The number of ether oxygens (including phenoxy) is 2. The lowest BCUT2D eigenvalue weighted by Gasteiger charge is -2.13. The molecule has 22 heavy (non-hydrogen) atoms. The van der Waals surface area contributed by atoms with E-state index in [2.05, 4.69) is 0 Å². The van der Waals surface area contributed by atoms with E-state index >= 15 is 0 Å². The molecule has 0 fully saturated rings. The van der Waals surface area contributed by atoms with Gasteiger partial charge in [0.05, 0.1) is 6.61 Å². The van der Waals surface area contributed by atoms with Gasteiger partial charge in [-0.25, -0.2) is 4.39 Å². The molecule has 0 unspecified atom stereocenters. The van der Waals surface area contributed by atoms with Crippen LogP contribution in [0.2, 0.25) is 0 Å². The molecular formula is C18H22FNO2. The summed E-state index contributed by atoms with van der Waals surface area (Å²) in [6.45, 7) is 3.57. The van der Waals surface area contributed by atoms with E-state index in [1.54, 1.807) is 12.1 Å². The lowest BCUT2D eigenvalue weighted by Crippen LogP contribution is -2.02. The third-order valence-electron chi connectivity index (χ3n) is 3.29. The zero-order chi connectivity index (χ0) is 15.8. The number of nitrogens with two attached hydrogens (primary N) is 1. The molecule has 0 aliphatic heterocycles. The number of hydrogen-bond acceptors (Lipinski definition) is 3. The first kappa shape index (κ1) is 16.3. The standard InChI is InChI=1S/C18H22FNO2/c1-2-21-18-12-14(4-3-11-20)7-10-17(18)22-13-15-5-8-16(19)9-6-15/h5-10,12H,2-4,11,13,20H2,1H3. The SMILES string of the molecule is CCOc1cc(CCCN)ccc1OCc1ccc(F)cc1. The maximum atomic E-state index is 12.9. The van der Waals surface area contributed by atoms with Crippen molar-refractivity contribution in [1.82, 2.24) is 0 Å². The van der Waals surface area contributed by atoms with Crippen LogP contribution in [0.25, 0.3) is 0 Å². The minimum absolute atomic E-state index is 0.247. The molecule has 2 aromatic rings. The summed E-state index contributed by atoms with van der Waals surface area (Å²) in [4.78, 5) is 0. The van der Waals surface area contributed by atoms with Gasteiger partial charge in [-0.05, 0) is 61.7 Å². The van der Waals surface area contributed by atoms with Crippen molar-refractivity contribution < 1.29 is 13.9 Å². The van der Waals surface area contributed by atoms with Crippen LogP contribution in [0, 0.1) is 5.82 Å². The summed E-state index contributed by atoms with van der Waals surface area (Å²) >= 11 is 0. The van der Waals surface area contributed by atoms with Gasteiger partial charge in [0.2, 0.25) is 0 Å². The molecule has 0 saturated heterocycles. The van der Waals surface area contributed by atoms with Crippen molar-refractivity contribution in [3.8, 4) is 11.5 Å². The number of aryl methyl sites for hydroxylation is 1. The zero-order valence-corrected chi connectivity index (χ0v) is 12.8. The predicted octanol–water partition coefficient (Wildman–Crippen LogP) is 3.69. The maximum absolute atomic E-state index is 12.9. The van der Waals surface area contributed by atoms with E-state index in [0.717, 1.165) is 24.2 Å². The van der Waals surface area contributed by atoms with Crippen molar-refractivity contribution in [2.75, 3.05) is 13.2 Å². The Morgan fingerprint density at radius 1 is 0.955 bits per heavy atom. The highest BCUT2D eigenvalue weighted by Crippen LogP contribution is 2.29. The van der Waals surface area contributed by atoms with Gasteiger partial charge in [-0.15, -0.1) is 0 Å². The van der Waals surface area contributed by atoms with Gasteiger partial charge >= 0.3 is 0 Å². The number of halogens is 1. The highest BCUT2D eigenvalue weighted by atomic mass is 19.1. The summed E-state index contributed by atoms with van der Waals surface area (Å²) in [5, 5.41) is 0. The molecule has 0 radical (unpaired) electrons. The van der Waals surface area contributed by atoms with Crippen LogP contribution < -0.4 is 15.2 Å². The van der Waals surface area contributed by atoms with Crippen molar-refractivity contribution >= 4 is 0 Å². The van der Waals surface area contributed by atoms with Gasteiger partial charge < -0.3 is 15.2 Å². The Kier molecular flexibility index (Phi) is 6.22. The first-order valence-electron chi connectivity index (χ1n) is 7.56. The molecule has 2 N–H and O–H groups in total. The van der Waals surface area contributed by atoms with Gasteiger partial charge in [0.15, 0.2) is 11.5 Å². The minimum atomic E-state index is -0.247. The average Bonchev–Trinajstić information content (AvgIpc) is 2.54. The largest absolute Gasteiger partial charge is 0.490 e. The number of hydrogen-bond donors (Lipinski definition) is 1. The third-order valence-corrected chi connectivity index (χ3v) is 3.29. The molecule has 0 spiro atoms. The molecule has 118 valence electrons. The smallest absolute Gasteiger partial charge is 0.161 e. The van der Waals surface area contributed by atoms with Crippen molar-refractivity contribution in [2.45, 2.75) is 26.4 Å². The minimum Gasteiger partial charge on any atom is -0.490 e. The predicted molar refractivity (Wildman–Crippen MR) is 85.7 cm³/mol. The van der Waals surface area contributed by atoms with Crippen LogP contribution in [0.3, 0.4) is 0 Å². The second-order valence-corrected chi connectivity index (χ2v) is 5.02. The van der Waals surface area contributed by atoms with Crippen LogP contribution in [0.1, 0.15) is 24.5 Å². The summed E-state index contributed by atoms with van der Waals surface area (Å²) in [5.74, 6) is 1.19. The highest BCUT2D eigenvalue weighted by molar-refractivity contribution is 5.43. The molecule has 0 amide bonds. The lowest BCUT2D eigenvalue weighted by molar-refractivity contribution is 0.269. The molecule has 0 aliphatic rings. The molecule has 2 aromatic carbocycles. The van der Waals surface area contributed by atoms with Crippen molar-refractivity contribution in [3.63, 3.8) is 0 Å². The van der Waals surface area contributed by atoms with Gasteiger partial charge in [-0.3, -0.25) is 0 Å². The summed E-state index contributed by atoms with van der Waals surface area (Å²) in [7, 11) is 0. The Balaban J connectivity index is 2.06. The number of rotatable bonds is 8. The summed E-state index contributed by atoms with van der Waals surface area (Å²) in [6.07, 6.45) is 1.87. The van der Waals surface area contributed by atoms with Crippen LogP contribution in [-0.2, 0) is 13.0 Å². The molecule has 0 saturated carbocycles. The van der Waals surface area contributed by atoms with E-state index in [1.807, 2.05) is 25.1 Å². The van der Waals surface area contributed by atoms with Gasteiger partial charge in [0.25, 0.3) is 0 Å². The van der Waals surface area contributed by atoms with Gasteiger partial charge in [0.1, 0.15) is 12.4 Å². The van der Waals surface area contributed by atoms with E-state index in [9.17, 15) is 4.39 Å². The first-order chi connectivity index (χ1) is 10.7. The van der Waals surface area contributed by atoms with E-state index in [1.165, 1.54) is 17.7 Å². The van der Waals surface area contributed by atoms with E-state index in [-0.39, 0.29) is 5.82 Å². The molecule has 0 heterocycles. The van der Waals surface area contributed by atoms with Crippen LogP contribution >= 0.6 is 0 Å². The fraction of sp³-hybridized carbons (Fsp3) is 0.333. The van der Waals surface area contributed by atoms with E-state index in [0.29, 0.717) is 25.5 Å². The molecule has 3 nitrogen and oxygen atoms in total. The summed E-state index contributed by atoms with van der Waals surface area (Å²) < 4.78 is 24.3. The molecule has 0 aliphatic carbocycles. The zero-order valence-electron chi connectivity index (χ0n) is 12.8. The molecule has 0 aromatic heterocycles. The quantitative estimate of drug-likeness (QED) is 0.809. The Hall–Kier alpha value is -2.07. The topological polar surface area (TPSA) is 44.5 Å². The molecule has 0 atom stereocenters. The molecule has 4 heteroatoms. The van der Waals surface area contributed by atoms with Crippen molar-refractivity contribution in [2.24, 2.45) is 5.73 Å². The Morgan fingerprint density at radius 3 is 2.36 bits per heavy atom. The van der Waals surface area contributed by atoms with Crippen LogP contribution in [0.15, 0.2) is 42.5 Å². The van der Waals surface area contributed by atoms with Crippen LogP contribution in [0.4, 0.5) is 4.39 Å². The van der Waals surface area contributed by atoms with Gasteiger partial charge in [-0.2, -0.15) is 0 Å². The van der Waals surface area contributed by atoms with Crippen LogP contribution in [-0.4, -0.2) is 13.2 Å². The molecular weight excluding hydrogens is 281 g/mol. The van der Waals surface area contributed by atoms with Crippen molar-refractivity contribution in [3.05, 3.63) is 59.4 Å². The fourth-order valence-corrected chi connectivity index (χ4v) is 2.14. The highest BCUT2D eigenvalue weighted by Gasteiger charge is 2.07. The molecule has 2 rings (SSSR count). The average molecular weight is 303 g/mol. The van der Waals surface area contributed by atoms with Crippen molar-refractivity contribution in [1.29, 1.82) is 0 Å². The monoisotopic (exact) mass is 303 g/mol. The summed E-state index contributed by atoms with van der Waals surface area (Å²) in [6, 6.07) is 12.2. The fourth-order valence-electron chi connectivity index (χ4n) is 2.14. The molecule has 0 bridgehead atoms. The van der Waals surface area contributed by atoms with Gasteiger partial charge in [-0.1, -0.05) is 18.2 Å². The second-order valence-electron chi connectivity index (χ2n) is 5.02. The second kappa shape index (κ2) is 8.39. The van der Waals surface area contributed by atoms with Gasteiger partial charge in [0, 0.05) is 0 Å². The van der Waals surface area contributed by atoms with E-state index in [4.69, 9.17) is 15.2 Å². The Morgan fingerprint density at radius 2 is 1.68 bits per heavy atom. The normalized spacial score (nSPS) is 10.5. The Bertz CT molecular complexity index is 584. The van der Waals surface area contributed by atoms with E-state index < -0.39 is 0 Å². The summed E-state index contributed by atoms with van der Waals surface area (Å²) in [5.41, 5.74) is 7.64. The first-order valence-corrected chi connectivity index (χ1v) is 7.56. The lowest BCUT2D eigenvalue weighted by atomic mass is 10.1. The Labute approximate surface area is 130 Å². The number of benzene rings is 2. The van der Waals surface area contributed by atoms with Crippen LogP contribution in [0.5, 0.6) is 11.5 Å².